The number of amides is 2. The lowest BCUT2D eigenvalue weighted by molar-refractivity contribution is -0.139. The van der Waals surface area contributed by atoms with Crippen molar-refractivity contribution in [1.82, 2.24) is 5.32 Å². The number of hydrogen-bond acceptors (Lipinski definition) is 4. The summed E-state index contributed by atoms with van der Waals surface area (Å²) in [4.78, 5) is 33.6. The zero-order valence-electron chi connectivity index (χ0n) is 11.5. The van der Waals surface area contributed by atoms with Gasteiger partial charge in [-0.3, -0.25) is 14.4 Å². The first kappa shape index (κ1) is 14.8. The van der Waals surface area contributed by atoms with Crippen molar-refractivity contribution in [3.05, 3.63) is 24.3 Å². The molecule has 1 aliphatic rings. The molecule has 0 spiro atoms. The van der Waals surface area contributed by atoms with Crippen LogP contribution < -0.4 is 15.4 Å². The van der Waals surface area contributed by atoms with Crippen molar-refractivity contribution in [2.45, 2.75) is 6.42 Å². The topological polar surface area (TPSA) is 105 Å². The largest absolute Gasteiger partial charge is 0.484 e. The molecule has 1 aromatic rings. The molecule has 7 nitrogen and oxygen atoms in total. The van der Waals surface area contributed by atoms with Crippen molar-refractivity contribution < 1.29 is 24.2 Å². The maximum absolute atomic E-state index is 11.8. The van der Waals surface area contributed by atoms with Gasteiger partial charge in [0.1, 0.15) is 5.75 Å². The minimum Gasteiger partial charge on any atom is -0.484 e. The summed E-state index contributed by atoms with van der Waals surface area (Å²) in [5.41, 5.74) is 0.505. The van der Waals surface area contributed by atoms with Crippen LogP contribution in [0, 0.1) is 11.8 Å². The Labute approximate surface area is 121 Å². The van der Waals surface area contributed by atoms with E-state index in [0.717, 1.165) is 0 Å². The highest BCUT2D eigenvalue weighted by atomic mass is 16.5. The molecule has 0 aromatic heterocycles. The molecule has 0 saturated heterocycles. The van der Waals surface area contributed by atoms with Crippen molar-refractivity contribution in [2.75, 3.05) is 19.0 Å². The number of carbonyl (C=O) groups is 3. The number of carboxylic acid groups (broad SMARTS) is 1. The molecule has 2 rings (SSSR count). The number of anilines is 1. The van der Waals surface area contributed by atoms with Gasteiger partial charge in [0.25, 0.3) is 5.91 Å². The Morgan fingerprint density at radius 1 is 1.33 bits per heavy atom. The van der Waals surface area contributed by atoms with Gasteiger partial charge in [-0.2, -0.15) is 0 Å². The Hall–Kier alpha value is -2.57. The standard InChI is InChI=1S/C14H16N2O5/c1-15-12(17)7-21-9-4-2-3-8(5-9)16-13(18)10-6-11(10)14(19)20/h2-5,10-11H,6-7H2,1H3,(H,15,17)(H,16,18)(H,19,20). The van der Waals surface area contributed by atoms with E-state index in [2.05, 4.69) is 10.6 Å². The first-order chi connectivity index (χ1) is 10.0. The number of carbonyl (C=O) groups excluding carboxylic acids is 2. The van der Waals surface area contributed by atoms with Gasteiger partial charge in [-0.15, -0.1) is 0 Å². The Bertz CT molecular complexity index is 572. The van der Waals surface area contributed by atoms with Crippen LogP contribution in [0.5, 0.6) is 5.75 Å². The zero-order valence-corrected chi connectivity index (χ0v) is 11.5. The fourth-order valence-corrected chi connectivity index (χ4v) is 1.88. The molecule has 1 aromatic carbocycles. The van der Waals surface area contributed by atoms with Crippen molar-refractivity contribution in [3.8, 4) is 5.75 Å². The summed E-state index contributed by atoms with van der Waals surface area (Å²) in [5, 5.41) is 13.9. The van der Waals surface area contributed by atoms with Crippen LogP contribution in [0.25, 0.3) is 0 Å². The first-order valence-electron chi connectivity index (χ1n) is 6.48. The predicted molar refractivity (Wildman–Crippen MR) is 73.9 cm³/mol. The molecular formula is C14H16N2O5. The Kier molecular flexibility index (Phi) is 4.42. The summed E-state index contributed by atoms with van der Waals surface area (Å²) in [6.45, 7) is -0.113. The van der Waals surface area contributed by atoms with E-state index in [1.165, 1.54) is 7.05 Å². The SMILES string of the molecule is CNC(=O)COc1cccc(NC(=O)C2CC2C(=O)O)c1. The van der Waals surface area contributed by atoms with Crippen molar-refractivity contribution in [1.29, 1.82) is 0 Å². The second-order valence-corrected chi connectivity index (χ2v) is 4.77. The number of carboxylic acids is 1. The van der Waals surface area contributed by atoms with E-state index in [-0.39, 0.29) is 18.4 Å². The molecular weight excluding hydrogens is 276 g/mol. The predicted octanol–water partition coefficient (Wildman–Crippen LogP) is 0.471. The molecule has 1 aliphatic carbocycles. The Morgan fingerprint density at radius 2 is 2.10 bits per heavy atom. The molecule has 0 aliphatic heterocycles. The third-order valence-electron chi connectivity index (χ3n) is 3.19. The molecule has 0 heterocycles. The van der Waals surface area contributed by atoms with E-state index in [4.69, 9.17) is 9.84 Å². The highest BCUT2D eigenvalue weighted by Crippen LogP contribution is 2.39. The first-order valence-corrected chi connectivity index (χ1v) is 6.48. The number of hydrogen-bond donors (Lipinski definition) is 3. The van der Waals surface area contributed by atoms with Crippen LogP contribution in [0.1, 0.15) is 6.42 Å². The molecule has 2 amide bonds. The summed E-state index contributed by atoms with van der Waals surface area (Å²) in [6, 6.07) is 6.59. The fraction of sp³-hybridized carbons (Fsp3) is 0.357. The van der Waals surface area contributed by atoms with Gasteiger partial charge < -0.3 is 20.5 Å². The van der Waals surface area contributed by atoms with Gasteiger partial charge in [0.2, 0.25) is 5.91 Å². The molecule has 3 N–H and O–H groups in total. The molecule has 112 valence electrons. The number of nitrogens with one attached hydrogen (secondary N) is 2. The Balaban J connectivity index is 1.90. The molecule has 0 bridgehead atoms. The molecule has 7 heteroatoms. The fourth-order valence-electron chi connectivity index (χ4n) is 1.88. The minimum atomic E-state index is -0.946. The molecule has 21 heavy (non-hydrogen) atoms. The zero-order chi connectivity index (χ0) is 15.4. The number of benzene rings is 1. The number of ether oxygens (including phenoxy) is 1. The van der Waals surface area contributed by atoms with Crippen LogP contribution in [-0.4, -0.2) is 36.5 Å². The monoisotopic (exact) mass is 292 g/mol. The van der Waals surface area contributed by atoms with Crippen LogP contribution in [-0.2, 0) is 14.4 Å². The second-order valence-electron chi connectivity index (χ2n) is 4.77. The average molecular weight is 292 g/mol. The summed E-state index contributed by atoms with van der Waals surface area (Å²) in [6.07, 6.45) is 0.369. The summed E-state index contributed by atoms with van der Waals surface area (Å²) in [5.74, 6) is -2.13. The van der Waals surface area contributed by atoms with Crippen molar-refractivity contribution in [2.24, 2.45) is 11.8 Å². The van der Waals surface area contributed by atoms with Crippen molar-refractivity contribution >= 4 is 23.5 Å². The second kappa shape index (κ2) is 6.25. The summed E-state index contributed by atoms with van der Waals surface area (Å²) in [7, 11) is 1.51. The summed E-state index contributed by atoms with van der Waals surface area (Å²) < 4.78 is 5.26. The van der Waals surface area contributed by atoms with Crippen LogP contribution in [0.2, 0.25) is 0 Å². The highest BCUT2D eigenvalue weighted by molar-refractivity contribution is 5.98. The van der Waals surface area contributed by atoms with Crippen LogP contribution in [0.4, 0.5) is 5.69 Å². The molecule has 2 unspecified atom stereocenters. The van der Waals surface area contributed by atoms with Gasteiger partial charge in [-0.25, -0.2) is 0 Å². The lowest BCUT2D eigenvalue weighted by Crippen LogP contribution is -2.24. The van der Waals surface area contributed by atoms with E-state index >= 15 is 0 Å². The summed E-state index contributed by atoms with van der Waals surface area (Å²) >= 11 is 0. The quantitative estimate of drug-likeness (QED) is 0.707. The van der Waals surface area contributed by atoms with E-state index < -0.39 is 17.8 Å². The van der Waals surface area contributed by atoms with Gasteiger partial charge in [-0.05, 0) is 18.6 Å². The average Bonchev–Trinajstić information content (AvgIpc) is 3.26. The van der Waals surface area contributed by atoms with Gasteiger partial charge >= 0.3 is 5.97 Å². The minimum absolute atomic E-state index is 0.113. The highest BCUT2D eigenvalue weighted by Gasteiger charge is 2.48. The molecule has 1 fully saturated rings. The molecule has 0 radical (unpaired) electrons. The number of likely N-dealkylation sites (N-methyl/N-ethyl adjacent to an activating group) is 1. The Morgan fingerprint density at radius 3 is 2.71 bits per heavy atom. The number of aliphatic carboxylic acids is 1. The molecule has 1 saturated carbocycles. The molecule has 2 atom stereocenters. The normalized spacial score (nSPS) is 19.5. The van der Waals surface area contributed by atoms with E-state index in [0.29, 0.717) is 17.9 Å². The maximum Gasteiger partial charge on any atom is 0.307 e. The van der Waals surface area contributed by atoms with E-state index in [1.54, 1.807) is 24.3 Å². The van der Waals surface area contributed by atoms with E-state index in [1.807, 2.05) is 0 Å². The van der Waals surface area contributed by atoms with E-state index in [9.17, 15) is 14.4 Å². The third kappa shape index (κ3) is 3.95. The van der Waals surface area contributed by atoms with Crippen LogP contribution in [0.3, 0.4) is 0 Å². The van der Waals surface area contributed by atoms with Crippen LogP contribution >= 0.6 is 0 Å². The van der Waals surface area contributed by atoms with Gasteiger partial charge in [-0.1, -0.05) is 6.07 Å². The van der Waals surface area contributed by atoms with Gasteiger partial charge in [0.05, 0.1) is 11.8 Å². The lowest BCUT2D eigenvalue weighted by atomic mass is 10.2. The van der Waals surface area contributed by atoms with Gasteiger partial charge in [0, 0.05) is 18.8 Å². The smallest absolute Gasteiger partial charge is 0.307 e. The van der Waals surface area contributed by atoms with Crippen LogP contribution in [0.15, 0.2) is 24.3 Å². The number of rotatable bonds is 6. The lowest BCUT2D eigenvalue weighted by Gasteiger charge is -2.08. The van der Waals surface area contributed by atoms with Crippen molar-refractivity contribution in [3.63, 3.8) is 0 Å². The van der Waals surface area contributed by atoms with Gasteiger partial charge in [0.15, 0.2) is 6.61 Å². The maximum atomic E-state index is 11.8. The third-order valence-corrected chi connectivity index (χ3v) is 3.19.